The summed E-state index contributed by atoms with van der Waals surface area (Å²) in [5.41, 5.74) is -0.00528. The molecule has 0 aromatic heterocycles. The van der Waals surface area contributed by atoms with Gasteiger partial charge >= 0.3 is 0 Å². The van der Waals surface area contributed by atoms with Gasteiger partial charge in [0.15, 0.2) is 0 Å². The zero-order chi connectivity index (χ0) is 10.6. The third kappa shape index (κ3) is 5.61. The molecule has 1 atom stereocenters. The number of hydrogen-bond donors (Lipinski definition) is 1. The Balaban J connectivity index is 2.10. The van der Waals surface area contributed by atoms with E-state index >= 15 is 0 Å². The van der Waals surface area contributed by atoms with Gasteiger partial charge in [-0.15, -0.1) is 0 Å². The predicted molar refractivity (Wildman–Crippen MR) is 60.5 cm³/mol. The Hall–Kier alpha value is -0.0800. The maximum atomic E-state index is 5.77. The van der Waals surface area contributed by atoms with E-state index in [-0.39, 0.29) is 5.60 Å². The van der Waals surface area contributed by atoms with Gasteiger partial charge in [0.25, 0.3) is 0 Å². The highest BCUT2D eigenvalue weighted by atomic mass is 16.5. The lowest BCUT2D eigenvalue weighted by Gasteiger charge is -2.24. The molecule has 0 bridgehead atoms. The molecule has 0 spiro atoms. The van der Waals surface area contributed by atoms with Gasteiger partial charge in [-0.3, -0.25) is 0 Å². The summed E-state index contributed by atoms with van der Waals surface area (Å²) in [5.74, 6) is 1.03. The first-order chi connectivity index (χ1) is 6.51. The standard InChI is InChI=1S/C12H25NO/c1-12(2,3)14-9-11(13-4)8-7-10-5-6-10/h10-11,13H,5-9H2,1-4H3. The van der Waals surface area contributed by atoms with E-state index in [1.54, 1.807) is 0 Å². The van der Waals surface area contributed by atoms with Crippen LogP contribution in [0.1, 0.15) is 46.5 Å². The maximum absolute atomic E-state index is 5.77. The Morgan fingerprint density at radius 2 is 2.00 bits per heavy atom. The quantitative estimate of drug-likeness (QED) is 0.710. The van der Waals surface area contributed by atoms with Crippen molar-refractivity contribution in [2.45, 2.75) is 58.1 Å². The van der Waals surface area contributed by atoms with Gasteiger partial charge in [0.1, 0.15) is 0 Å². The minimum absolute atomic E-state index is 0.00528. The van der Waals surface area contributed by atoms with Gasteiger partial charge in [0.05, 0.1) is 12.2 Å². The number of nitrogens with one attached hydrogen (secondary N) is 1. The summed E-state index contributed by atoms with van der Waals surface area (Å²) in [7, 11) is 2.03. The summed E-state index contributed by atoms with van der Waals surface area (Å²) in [6.45, 7) is 7.18. The molecule has 0 aliphatic heterocycles. The smallest absolute Gasteiger partial charge is 0.0626 e. The van der Waals surface area contributed by atoms with Gasteiger partial charge < -0.3 is 10.1 Å². The Morgan fingerprint density at radius 3 is 2.43 bits per heavy atom. The Bertz CT molecular complexity index is 158. The molecular weight excluding hydrogens is 174 g/mol. The van der Waals surface area contributed by atoms with Crippen molar-refractivity contribution >= 4 is 0 Å². The lowest BCUT2D eigenvalue weighted by molar-refractivity contribution is -0.0148. The zero-order valence-electron chi connectivity index (χ0n) is 10.1. The summed E-state index contributed by atoms with van der Waals surface area (Å²) in [4.78, 5) is 0. The van der Waals surface area contributed by atoms with Crippen molar-refractivity contribution in [3.63, 3.8) is 0 Å². The van der Waals surface area contributed by atoms with Gasteiger partial charge in [0, 0.05) is 6.04 Å². The second-order valence-corrected chi connectivity index (χ2v) is 5.43. The molecule has 1 saturated carbocycles. The zero-order valence-corrected chi connectivity index (χ0v) is 10.1. The van der Waals surface area contributed by atoms with Gasteiger partial charge in [-0.2, -0.15) is 0 Å². The molecule has 84 valence electrons. The number of rotatable bonds is 6. The summed E-state index contributed by atoms with van der Waals surface area (Å²) in [5, 5.41) is 3.33. The monoisotopic (exact) mass is 199 g/mol. The predicted octanol–water partition coefficient (Wildman–Crippen LogP) is 2.58. The third-order valence-corrected chi connectivity index (χ3v) is 2.75. The van der Waals surface area contributed by atoms with Crippen molar-refractivity contribution in [1.82, 2.24) is 5.32 Å². The van der Waals surface area contributed by atoms with Crippen molar-refractivity contribution in [3.8, 4) is 0 Å². The van der Waals surface area contributed by atoms with E-state index in [2.05, 4.69) is 26.1 Å². The molecule has 2 heteroatoms. The normalized spacial score (nSPS) is 19.7. The first-order valence-electron chi connectivity index (χ1n) is 5.82. The van der Waals surface area contributed by atoms with Gasteiger partial charge in [0.2, 0.25) is 0 Å². The van der Waals surface area contributed by atoms with Crippen molar-refractivity contribution in [3.05, 3.63) is 0 Å². The van der Waals surface area contributed by atoms with Crippen molar-refractivity contribution in [2.75, 3.05) is 13.7 Å². The fourth-order valence-corrected chi connectivity index (χ4v) is 1.51. The molecule has 1 aliphatic rings. The van der Waals surface area contributed by atoms with Crippen LogP contribution in [-0.2, 0) is 4.74 Å². The molecule has 1 N–H and O–H groups in total. The number of hydrogen-bond acceptors (Lipinski definition) is 2. The van der Waals surface area contributed by atoms with Crippen molar-refractivity contribution < 1.29 is 4.74 Å². The summed E-state index contributed by atoms with van der Waals surface area (Å²) in [6.07, 6.45) is 5.55. The Morgan fingerprint density at radius 1 is 1.36 bits per heavy atom. The largest absolute Gasteiger partial charge is 0.374 e. The molecule has 2 nitrogen and oxygen atoms in total. The van der Waals surface area contributed by atoms with E-state index in [0.717, 1.165) is 12.5 Å². The average molecular weight is 199 g/mol. The third-order valence-electron chi connectivity index (χ3n) is 2.75. The van der Waals surface area contributed by atoms with Crippen LogP contribution in [-0.4, -0.2) is 25.3 Å². The van der Waals surface area contributed by atoms with Gasteiger partial charge in [-0.25, -0.2) is 0 Å². The maximum Gasteiger partial charge on any atom is 0.0626 e. The SMILES string of the molecule is CNC(CCC1CC1)COC(C)(C)C. The molecular formula is C12H25NO. The van der Waals surface area contributed by atoms with E-state index in [1.165, 1.54) is 25.7 Å². The van der Waals surface area contributed by atoms with Crippen LogP contribution in [0.15, 0.2) is 0 Å². The molecule has 14 heavy (non-hydrogen) atoms. The second-order valence-electron chi connectivity index (χ2n) is 5.43. The van der Waals surface area contributed by atoms with Crippen molar-refractivity contribution in [1.29, 1.82) is 0 Å². The summed E-state index contributed by atoms with van der Waals surface area (Å²) >= 11 is 0. The molecule has 0 radical (unpaired) electrons. The van der Waals surface area contributed by atoms with Crippen molar-refractivity contribution in [2.24, 2.45) is 5.92 Å². The topological polar surface area (TPSA) is 21.3 Å². The molecule has 0 heterocycles. The first kappa shape index (κ1) is 12.0. The molecule has 1 rings (SSSR count). The van der Waals surface area contributed by atoms with Crippen LogP contribution in [0.25, 0.3) is 0 Å². The average Bonchev–Trinajstić information content (AvgIpc) is 2.86. The molecule has 0 saturated heterocycles. The molecule has 0 aromatic carbocycles. The minimum atomic E-state index is -0.00528. The number of ether oxygens (including phenoxy) is 1. The lowest BCUT2D eigenvalue weighted by atomic mass is 10.1. The van der Waals surface area contributed by atoms with Crippen LogP contribution in [0.2, 0.25) is 0 Å². The van der Waals surface area contributed by atoms with Crippen LogP contribution in [0.4, 0.5) is 0 Å². The van der Waals surface area contributed by atoms with Crippen LogP contribution in [0.5, 0.6) is 0 Å². The Labute approximate surface area is 88.4 Å². The Kier molecular flexibility index (Phi) is 4.39. The molecule has 1 fully saturated rings. The fraction of sp³-hybridized carbons (Fsp3) is 1.00. The first-order valence-corrected chi connectivity index (χ1v) is 5.82. The highest BCUT2D eigenvalue weighted by Gasteiger charge is 2.22. The van der Waals surface area contributed by atoms with Crippen LogP contribution in [0.3, 0.4) is 0 Å². The molecule has 0 amide bonds. The van der Waals surface area contributed by atoms with Crippen LogP contribution >= 0.6 is 0 Å². The molecule has 0 aromatic rings. The minimum Gasteiger partial charge on any atom is -0.374 e. The van der Waals surface area contributed by atoms with Gasteiger partial charge in [-0.05, 0) is 46.6 Å². The van der Waals surface area contributed by atoms with Crippen LogP contribution < -0.4 is 5.32 Å². The second kappa shape index (κ2) is 5.13. The van der Waals surface area contributed by atoms with Crippen LogP contribution in [0, 0.1) is 5.92 Å². The number of likely N-dealkylation sites (N-methyl/N-ethyl adjacent to an activating group) is 1. The highest BCUT2D eigenvalue weighted by molar-refractivity contribution is 4.76. The summed E-state index contributed by atoms with van der Waals surface area (Å²) < 4.78 is 5.77. The molecule has 1 unspecified atom stereocenters. The highest BCUT2D eigenvalue weighted by Crippen LogP contribution is 2.33. The van der Waals surface area contributed by atoms with E-state index in [9.17, 15) is 0 Å². The van der Waals surface area contributed by atoms with E-state index in [4.69, 9.17) is 4.74 Å². The molecule has 1 aliphatic carbocycles. The van der Waals surface area contributed by atoms with Gasteiger partial charge in [-0.1, -0.05) is 12.8 Å². The fourth-order valence-electron chi connectivity index (χ4n) is 1.51. The summed E-state index contributed by atoms with van der Waals surface area (Å²) in [6, 6.07) is 0.537. The van der Waals surface area contributed by atoms with E-state index < -0.39 is 0 Å². The van der Waals surface area contributed by atoms with E-state index in [1.807, 2.05) is 7.05 Å². The lowest BCUT2D eigenvalue weighted by Crippen LogP contribution is -2.34. The van der Waals surface area contributed by atoms with E-state index in [0.29, 0.717) is 6.04 Å².